The molecule has 0 rings (SSSR count). The summed E-state index contributed by atoms with van der Waals surface area (Å²) in [6.45, 7) is 6.74. The van der Waals surface area contributed by atoms with Crippen LogP contribution in [0.25, 0.3) is 0 Å². The van der Waals surface area contributed by atoms with Crippen molar-refractivity contribution in [2.75, 3.05) is 39.6 Å². The standard InChI is InChI=1S/C9H20O4.H2O4S/c1-9(2)13-8-7-12-6-5-11-4-3-10;1-5(2,3)4/h9-10H,3-8H2,1-2H3;(H2,1,2,3,4). The van der Waals surface area contributed by atoms with Gasteiger partial charge in [-0.25, -0.2) is 0 Å². The van der Waals surface area contributed by atoms with Gasteiger partial charge in [0.15, 0.2) is 0 Å². The summed E-state index contributed by atoms with van der Waals surface area (Å²) in [5, 5.41) is 8.38. The molecule has 0 atom stereocenters. The molecule has 18 heavy (non-hydrogen) atoms. The fraction of sp³-hybridized carbons (Fsp3) is 1.00. The Morgan fingerprint density at radius 1 is 0.944 bits per heavy atom. The van der Waals surface area contributed by atoms with Crippen LogP contribution in [0.15, 0.2) is 0 Å². The van der Waals surface area contributed by atoms with Crippen LogP contribution < -0.4 is 0 Å². The molecule has 0 aliphatic carbocycles. The molecule has 0 amide bonds. The Hall–Kier alpha value is -0.290. The molecule has 0 saturated carbocycles. The Kier molecular flexibility index (Phi) is 14.6. The van der Waals surface area contributed by atoms with Gasteiger partial charge in [-0.3, -0.25) is 9.11 Å². The number of rotatable bonds is 9. The van der Waals surface area contributed by atoms with E-state index in [1.54, 1.807) is 0 Å². The third kappa shape index (κ3) is 36.1. The Balaban J connectivity index is 0. The minimum absolute atomic E-state index is 0.0659. The van der Waals surface area contributed by atoms with Crippen LogP contribution in [0.1, 0.15) is 13.8 Å². The summed E-state index contributed by atoms with van der Waals surface area (Å²) in [7, 11) is -4.67. The van der Waals surface area contributed by atoms with E-state index < -0.39 is 10.4 Å². The van der Waals surface area contributed by atoms with E-state index in [1.165, 1.54) is 0 Å². The van der Waals surface area contributed by atoms with Crippen LogP contribution in [0.4, 0.5) is 0 Å². The maximum Gasteiger partial charge on any atom is 0.394 e. The molecule has 9 heteroatoms. The molecule has 0 saturated heterocycles. The van der Waals surface area contributed by atoms with E-state index in [-0.39, 0.29) is 12.7 Å². The average molecular weight is 290 g/mol. The second kappa shape index (κ2) is 13.1. The first-order valence-corrected chi connectivity index (χ1v) is 6.75. The summed E-state index contributed by atoms with van der Waals surface area (Å²) < 4.78 is 47.0. The van der Waals surface area contributed by atoms with Crippen LogP contribution in [-0.4, -0.2) is 68.4 Å². The molecular formula is C9H22O8S. The highest BCUT2D eigenvalue weighted by atomic mass is 32.3. The molecule has 0 fully saturated rings. The van der Waals surface area contributed by atoms with Gasteiger partial charge in [0, 0.05) is 0 Å². The normalized spacial score (nSPS) is 11.2. The van der Waals surface area contributed by atoms with E-state index >= 15 is 0 Å². The lowest BCUT2D eigenvalue weighted by Crippen LogP contribution is -2.12. The predicted molar refractivity (Wildman–Crippen MR) is 64.0 cm³/mol. The van der Waals surface area contributed by atoms with Crippen LogP contribution in [0.2, 0.25) is 0 Å². The first kappa shape index (κ1) is 20.0. The highest BCUT2D eigenvalue weighted by molar-refractivity contribution is 7.79. The zero-order chi connectivity index (χ0) is 14.4. The van der Waals surface area contributed by atoms with E-state index in [1.807, 2.05) is 13.8 Å². The smallest absolute Gasteiger partial charge is 0.394 e. The quantitative estimate of drug-likeness (QED) is 0.393. The lowest BCUT2D eigenvalue weighted by molar-refractivity contribution is -0.00570. The molecule has 0 spiro atoms. The second-order valence-electron chi connectivity index (χ2n) is 3.32. The molecular weight excluding hydrogens is 268 g/mol. The van der Waals surface area contributed by atoms with Gasteiger partial charge in [0.25, 0.3) is 0 Å². The second-order valence-corrected chi connectivity index (χ2v) is 4.21. The number of hydrogen-bond donors (Lipinski definition) is 3. The van der Waals surface area contributed by atoms with Gasteiger partial charge in [-0.2, -0.15) is 8.42 Å². The zero-order valence-corrected chi connectivity index (χ0v) is 11.4. The van der Waals surface area contributed by atoms with Crippen molar-refractivity contribution in [3.63, 3.8) is 0 Å². The van der Waals surface area contributed by atoms with Crippen molar-refractivity contribution in [1.82, 2.24) is 0 Å². The van der Waals surface area contributed by atoms with Crippen molar-refractivity contribution in [1.29, 1.82) is 0 Å². The molecule has 3 N–H and O–H groups in total. The largest absolute Gasteiger partial charge is 0.394 e. The minimum Gasteiger partial charge on any atom is -0.394 e. The summed E-state index contributed by atoms with van der Waals surface area (Å²) in [6.07, 6.45) is 0.259. The SMILES string of the molecule is CC(C)OCCOCCOCCO.O=S(=O)(O)O. The highest BCUT2D eigenvalue weighted by Crippen LogP contribution is 1.87. The summed E-state index contributed by atoms with van der Waals surface area (Å²) in [6, 6.07) is 0. The minimum atomic E-state index is -4.67. The van der Waals surface area contributed by atoms with E-state index in [0.717, 1.165) is 0 Å². The zero-order valence-electron chi connectivity index (χ0n) is 10.6. The van der Waals surface area contributed by atoms with E-state index in [4.69, 9.17) is 36.8 Å². The van der Waals surface area contributed by atoms with Crippen molar-refractivity contribution in [3.05, 3.63) is 0 Å². The van der Waals surface area contributed by atoms with Gasteiger partial charge in [-0.1, -0.05) is 0 Å². The van der Waals surface area contributed by atoms with Crippen molar-refractivity contribution in [3.8, 4) is 0 Å². The van der Waals surface area contributed by atoms with E-state index in [9.17, 15) is 0 Å². The predicted octanol–water partition coefficient (Wildman–Crippen LogP) is -0.216. The maximum atomic E-state index is 8.74. The Morgan fingerprint density at radius 3 is 1.72 bits per heavy atom. The molecule has 0 aliphatic rings. The Morgan fingerprint density at radius 2 is 1.33 bits per heavy atom. The van der Waals surface area contributed by atoms with Gasteiger partial charge in [-0.05, 0) is 13.8 Å². The molecule has 112 valence electrons. The van der Waals surface area contributed by atoms with E-state index in [0.29, 0.717) is 33.0 Å². The molecule has 0 heterocycles. The number of hydrogen-bond acceptors (Lipinski definition) is 6. The fourth-order valence-corrected chi connectivity index (χ4v) is 0.729. The monoisotopic (exact) mass is 290 g/mol. The third-order valence-corrected chi connectivity index (χ3v) is 1.29. The van der Waals surface area contributed by atoms with E-state index in [2.05, 4.69) is 0 Å². The molecule has 0 aromatic carbocycles. The number of aliphatic hydroxyl groups excluding tert-OH is 1. The molecule has 0 aromatic heterocycles. The van der Waals surface area contributed by atoms with Gasteiger partial charge < -0.3 is 19.3 Å². The maximum absolute atomic E-state index is 8.74. The Bertz CT molecular complexity index is 243. The molecule has 0 aromatic rings. The molecule has 8 nitrogen and oxygen atoms in total. The average Bonchev–Trinajstić information content (AvgIpc) is 2.19. The summed E-state index contributed by atoms with van der Waals surface area (Å²) in [4.78, 5) is 0. The first-order valence-electron chi connectivity index (χ1n) is 5.35. The van der Waals surface area contributed by atoms with Crippen LogP contribution in [-0.2, 0) is 24.6 Å². The highest BCUT2D eigenvalue weighted by Gasteiger charge is 1.93. The van der Waals surface area contributed by atoms with Crippen LogP contribution in [0.5, 0.6) is 0 Å². The lowest BCUT2D eigenvalue weighted by atomic mass is 10.5. The summed E-state index contributed by atoms with van der Waals surface area (Å²) >= 11 is 0. The van der Waals surface area contributed by atoms with Crippen molar-refractivity contribution >= 4 is 10.4 Å². The lowest BCUT2D eigenvalue weighted by Gasteiger charge is -2.07. The van der Waals surface area contributed by atoms with Crippen molar-refractivity contribution in [2.24, 2.45) is 0 Å². The Labute approximate surface area is 107 Å². The van der Waals surface area contributed by atoms with Crippen molar-refractivity contribution in [2.45, 2.75) is 20.0 Å². The molecule has 0 aliphatic heterocycles. The third-order valence-electron chi connectivity index (χ3n) is 1.29. The fourth-order valence-electron chi connectivity index (χ4n) is 0.729. The van der Waals surface area contributed by atoms with Crippen LogP contribution >= 0.6 is 0 Å². The van der Waals surface area contributed by atoms with Crippen molar-refractivity contribution < 1.29 is 36.8 Å². The molecule has 0 radical (unpaired) electrons. The summed E-state index contributed by atoms with van der Waals surface area (Å²) in [5.74, 6) is 0. The van der Waals surface area contributed by atoms with Crippen LogP contribution in [0, 0.1) is 0 Å². The van der Waals surface area contributed by atoms with Gasteiger partial charge in [0.2, 0.25) is 0 Å². The van der Waals surface area contributed by atoms with Crippen LogP contribution in [0.3, 0.4) is 0 Å². The van der Waals surface area contributed by atoms with Gasteiger partial charge in [-0.15, -0.1) is 0 Å². The first-order chi connectivity index (χ1) is 8.27. The number of aliphatic hydroxyl groups is 1. The number of ether oxygens (including phenoxy) is 3. The topological polar surface area (TPSA) is 123 Å². The van der Waals surface area contributed by atoms with Gasteiger partial charge in [0.1, 0.15) is 0 Å². The van der Waals surface area contributed by atoms with Gasteiger partial charge >= 0.3 is 10.4 Å². The molecule has 0 bridgehead atoms. The molecule has 0 unspecified atom stereocenters. The van der Waals surface area contributed by atoms with Gasteiger partial charge in [0.05, 0.1) is 45.7 Å². The summed E-state index contributed by atoms with van der Waals surface area (Å²) in [5.41, 5.74) is 0.